The summed E-state index contributed by atoms with van der Waals surface area (Å²) in [5, 5.41) is 8.34. The minimum Gasteiger partial charge on any atom is -0.475 e. The second-order valence-corrected chi connectivity index (χ2v) is 2.23. The molecule has 0 saturated carbocycles. The lowest BCUT2D eigenvalue weighted by atomic mass is 10.5. The summed E-state index contributed by atoms with van der Waals surface area (Å²) in [5.41, 5.74) is -0.555. The van der Waals surface area contributed by atoms with Crippen molar-refractivity contribution in [1.29, 1.82) is 0 Å². The minimum absolute atomic E-state index is 0.0926. The van der Waals surface area contributed by atoms with E-state index < -0.39 is 11.5 Å². The summed E-state index contributed by atoms with van der Waals surface area (Å²) in [7, 11) is 0. The van der Waals surface area contributed by atoms with Crippen LogP contribution < -0.4 is 5.56 Å². The fourth-order valence-corrected chi connectivity index (χ4v) is 0.610. The van der Waals surface area contributed by atoms with Gasteiger partial charge in [-0.1, -0.05) is 0 Å². The highest BCUT2D eigenvalue weighted by Crippen LogP contribution is 1.93. The predicted octanol–water partition coefficient (Wildman–Crippen LogP) is -0.243. The molecule has 1 heterocycles. The number of aromatic nitrogens is 2. The van der Waals surface area contributed by atoms with Gasteiger partial charge < -0.3 is 5.11 Å². The fourth-order valence-electron chi connectivity index (χ4n) is 0.497. The number of nitrogens with one attached hydrogen (secondary N) is 1. The van der Waals surface area contributed by atoms with E-state index in [1.165, 1.54) is 0 Å². The molecule has 0 saturated heterocycles. The number of hydrogen-bond donors (Lipinski definition) is 3. The van der Waals surface area contributed by atoms with Crippen LogP contribution in [-0.2, 0) is 0 Å². The van der Waals surface area contributed by atoms with Crippen LogP contribution in [0.5, 0.6) is 0 Å². The Morgan fingerprint density at radius 1 is 1.73 bits per heavy atom. The third-order valence-corrected chi connectivity index (χ3v) is 1.30. The monoisotopic (exact) mass is 172 g/mol. The van der Waals surface area contributed by atoms with E-state index in [-0.39, 0.29) is 10.7 Å². The molecule has 58 valence electrons. The van der Waals surface area contributed by atoms with Crippen molar-refractivity contribution in [3.05, 3.63) is 22.4 Å². The Kier molecular flexibility index (Phi) is 1.95. The fraction of sp³-hybridized carbons (Fsp3) is 0. The summed E-state index contributed by atoms with van der Waals surface area (Å²) >= 11 is 3.71. The van der Waals surface area contributed by atoms with E-state index >= 15 is 0 Å². The number of nitrogens with zero attached hydrogens (tertiary/aromatic N) is 1. The first-order valence-corrected chi connectivity index (χ1v) is 3.07. The van der Waals surface area contributed by atoms with E-state index in [1.54, 1.807) is 0 Å². The van der Waals surface area contributed by atoms with Gasteiger partial charge in [0.15, 0.2) is 0 Å². The van der Waals surface area contributed by atoms with E-state index in [0.717, 1.165) is 6.20 Å². The number of H-pyrrole nitrogens is 1. The molecular weight excluding hydrogens is 168 g/mol. The normalized spacial score (nSPS) is 9.55. The van der Waals surface area contributed by atoms with Gasteiger partial charge in [-0.3, -0.25) is 9.78 Å². The zero-order valence-electron chi connectivity index (χ0n) is 5.24. The van der Waals surface area contributed by atoms with Crippen molar-refractivity contribution in [2.45, 2.75) is 4.90 Å². The van der Waals surface area contributed by atoms with Crippen LogP contribution >= 0.6 is 12.6 Å². The number of aromatic amines is 1. The second-order valence-electron chi connectivity index (χ2n) is 1.75. The van der Waals surface area contributed by atoms with Crippen molar-refractivity contribution in [2.24, 2.45) is 0 Å². The van der Waals surface area contributed by atoms with Crippen molar-refractivity contribution in [3.63, 3.8) is 0 Å². The zero-order chi connectivity index (χ0) is 8.43. The van der Waals surface area contributed by atoms with Gasteiger partial charge in [-0.15, -0.1) is 12.6 Å². The maximum absolute atomic E-state index is 10.7. The van der Waals surface area contributed by atoms with E-state index in [0.29, 0.717) is 0 Å². The summed E-state index contributed by atoms with van der Waals surface area (Å²) in [5.74, 6) is -1.65. The van der Waals surface area contributed by atoms with Crippen molar-refractivity contribution >= 4 is 18.6 Å². The molecule has 0 aliphatic rings. The Morgan fingerprint density at radius 3 is 2.82 bits per heavy atom. The van der Waals surface area contributed by atoms with Gasteiger partial charge >= 0.3 is 5.97 Å². The molecule has 1 aromatic rings. The van der Waals surface area contributed by atoms with Crippen molar-refractivity contribution in [1.82, 2.24) is 9.97 Å². The average molecular weight is 172 g/mol. The molecule has 0 atom stereocenters. The van der Waals surface area contributed by atoms with E-state index in [4.69, 9.17) is 5.11 Å². The van der Waals surface area contributed by atoms with Crippen molar-refractivity contribution in [3.8, 4) is 0 Å². The molecule has 0 bridgehead atoms. The first-order valence-electron chi connectivity index (χ1n) is 2.63. The third kappa shape index (κ3) is 1.58. The zero-order valence-corrected chi connectivity index (χ0v) is 6.13. The van der Waals surface area contributed by atoms with E-state index in [2.05, 4.69) is 17.6 Å². The minimum atomic E-state index is -1.27. The highest BCUT2D eigenvalue weighted by Gasteiger charge is 2.05. The molecule has 0 unspecified atom stereocenters. The number of aromatic carboxylic acids is 1. The summed E-state index contributed by atoms with van der Waals surface area (Å²) < 4.78 is 0. The maximum Gasteiger partial charge on any atom is 0.372 e. The molecule has 1 rings (SSSR count). The number of rotatable bonds is 1. The highest BCUT2D eigenvalue weighted by molar-refractivity contribution is 7.80. The van der Waals surface area contributed by atoms with Crippen LogP contribution in [0, 0.1) is 0 Å². The lowest BCUT2D eigenvalue weighted by molar-refractivity contribution is 0.0683. The van der Waals surface area contributed by atoms with Gasteiger partial charge in [0.2, 0.25) is 5.82 Å². The Balaban J connectivity index is 3.26. The number of thiol groups is 1. The van der Waals surface area contributed by atoms with E-state index in [1.807, 2.05) is 4.98 Å². The molecule has 6 heteroatoms. The number of carboxylic acids is 1. The lowest BCUT2D eigenvalue weighted by Crippen LogP contribution is -2.15. The Morgan fingerprint density at radius 2 is 2.36 bits per heavy atom. The molecule has 0 spiro atoms. The quantitative estimate of drug-likeness (QED) is 0.510. The maximum atomic E-state index is 10.7. The van der Waals surface area contributed by atoms with Crippen LogP contribution in [0.3, 0.4) is 0 Å². The molecule has 0 aromatic carbocycles. The standard InChI is InChI=1S/C5H4N2O3S/c8-4-2(11)1-6-3(7-4)5(9)10/h1,11H,(H,9,10)(H,6,7,8). The summed E-state index contributed by atoms with van der Waals surface area (Å²) in [6, 6.07) is 0. The lowest BCUT2D eigenvalue weighted by Gasteiger charge is -1.91. The van der Waals surface area contributed by atoms with Gasteiger partial charge in [0, 0.05) is 6.20 Å². The molecule has 0 fully saturated rings. The van der Waals surface area contributed by atoms with Gasteiger partial charge in [-0.05, 0) is 0 Å². The van der Waals surface area contributed by atoms with Crippen LogP contribution in [0.2, 0.25) is 0 Å². The molecule has 2 N–H and O–H groups in total. The molecular formula is C5H4N2O3S. The molecule has 11 heavy (non-hydrogen) atoms. The average Bonchev–Trinajstić information content (AvgIpc) is 1.94. The topological polar surface area (TPSA) is 83.0 Å². The van der Waals surface area contributed by atoms with Crippen LogP contribution in [0.15, 0.2) is 15.9 Å². The third-order valence-electron chi connectivity index (χ3n) is 0.983. The molecule has 0 aliphatic carbocycles. The van der Waals surface area contributed by atoms with Gasteiger partial charge in [-0.25, -0.2) is 9.78 Å². The SMILES string of the molecule is O=C(O)c1ncc(S)c(=O)[nH]1. The van der Waals surface area contributed by atoms with Gasteiger partial charge in [0.1, 0.15) is 0 Å². The van der Waals surface area contributed by atoms with Crippen LogP contribution in [0.25, 0.3) is 0 Å². The second kappa shape index (κ2) is 2.75. The van der Waals surface area contributed by atoms with Gasteiger partial charge in [0.05, 0.1) is 4.90 Å². The van der Waals surface area contributed by atoms with E-state index in [9.17, 15) is 9.59 Å². The van der Waals surface area contributed by atoms with Crippen LogP contribution in [-0.4, -0.2) is 21.0 Å². The van der Waals surface area contributed by atoms with Crippen LogP contribution in [0.4, 0.5) is 0 Å². The first kappa shape index (κ1) is 7.80. The number of hydrogen-bond acceptors (Lipinski definition) is 4. The molecule has 5 nitrogen and oxygen atoms in total. The largest absolute Gasteiger partial charge is 0.475 e. The van der Waals surface area contributed by atoms with Gasteiger partial charge in [0.25, 0.3) is 5.56 Å². The predicted molar refractivity (Wildman–Crippen MR) is 39.1 cm³/mol. The molecule has 1 aromatic heterocycles. The molecule has 0 amide bonds. The summed E-state index contributed by atoms with van der Waals surface area (Å²) in [4.78, 5) is 26.4. The summed E-state index contributed by atoms with van der Waals surface area (Å²) in [6.45, 7) is 0. The van der Waals surface area contributed by atoms with Crippen molar-refractivity contribution < 1.29 is 9.90 Å². The smallest absolute Gasteiger partial charge is 0.372 e. The van der Waals surface area contributed by atoms with Gasteiger partial charge in [-0.2, -0.15) is 0 Å². The molecule has 0 aliphatic heterocycles. The Labute approximate surface area is 66.5 Å². The highest BCUT2D eigenvalue weighted by atomic mass is 32.1. The Bertz CT molecular complexity index is 346. The number of carboxylic acid groups (broad SMARTS) is 1. The van der Waals surface area contributed by atoms with Crippen molar-refractivity contribution in [2.75, 3.05) is 0 Å². The number of carbonyl (C=O) groups is 1. The van der Waals surface area contributed by atoms with Crippen LogP contribution in [0.1, 0.15) is 10.6 Å². The Hall–Kier alpha value is -1.30. The molecule has 0 radical (unpaired) electrons. The summed E-state index contributed by atoms with van der Waals surface area (Å²) in [6.07, 6.45) is 1.09. The first-order chi connectivity index (χ1) is 5.11.